The maximum atomic E-state index is 11.8. The second-order valence-corrected chi connectivity index (χ2v) is 4.11. The largest absolute Gasteiger partial charge is 0.329 e. The first-order valence-corrected chi connectivity index (χ1v) is 5.65. The lowest BCUT2D eigenvalue weighted by molar-refractivity contribution is 0.141. The molecule has 0 bridgehead atoms. The highest BCUT2D eigenvalue weighted by Crippen LogP contribution is 2.03. The first-order valence-electron chi connectivity index (χ1n) is 4.50. The fourth-order valence-electron chi connectivity index (χ4n) is 0.929. The molecule has 0 saturated carbocycles. The summed E-state index contributed by atoms with van der Waals surface area (Å²) in [7, 11) is 0. The van der Waals surface area contributed by atoms with Crippen LogP contribution in [0.4, 0.5) is 8.78 Å². The van der Waals surface area contributed by atoms with E-state index < -0.39 is 6.43 Å². The summed E-state index contributed by atoms with van der Waals surface area (Å²) in [5.74, 6) is 2.04. The van der Waals surface area contributed by atoms with Gasteiger partial charge in [0.25, 0.3) is 6.43 Å². The average molecular weight is 212 g/mol. The van der Waals surface area contributed by atoms with E-state index in [9.17, 15) is 8.78 Å². The normalized spacial score (nSPS) is 13.6. The summed E-state index contributed by atoms with van der Waals surface area (Å²) < 4.78 is 23.6. The zero-order chi connectivity index (χ0) is 10.1. The summed E-state index contributed by atoms with van der Waals surface area (Å²) >= 11 is 1.80. The van der Waals surface area contributed by atoms with Crippen molar-refractivity contribution in [2.45, 2.75) is 25.8 Å². The molecule has 13 heavy (non-hydrogen) atoms. The fourth-order valence-corrected chi connectivity index (χ4v) is 1.67. The second kappa shape index (κ2) is 8.72. The third-order valence-electron chi connectivity index (χ3n) is 1.66. The van der Waals surface area contributed by atoms with Crippen molar-refractivity contribution in [3.63, 3.8) is 0 Å². The number of thioether (sulfide) groups is 1. The van der Waals surface area contributed by atoms with E-state index >= 15 is 0 Å². The van der Waals surface area contributed by atoms with Crippen molar-refractivity contribution < 1.29 is 8.78 Å². The summed E-state index contributed by atoms with van der Waals surface area (Å²) in [5, 5.41) is 2.74. The number of hydrogen-bond acceptors (Lipinski definition) is 3. The predicted octanol–water partition coefficient (Wildman–Crippen LogP) is 1.31. The highest BCUT2D eigenvalue weighted by Gasteiger charge is 2.08. The Labute approximate surface area is 82.6 Å². The summed E-state index contributed by atoms with van der Waals surface area (Å²) in [5.41, 5.74) is 5.42. The van der Waals surface area contributed by atoms with Gasteiger partial charge in [-0.05, 0) is 17.9 Å². The Morgan fingerprint density at radius 3 is 2.62 bits per heavy atom. The maximum absolute atomic E-state index is 11.8. The molecule has 0 heterocycles. The Balaban J connectivity index is 3.39. The lowest BCUT2D eigenvalue weighted by Gasteiger charge is -2.15. The van der Waals surface area contributed by atoms with Crippen molar-refractivity contribution in [1.82, 2.24) is 5.32 Å². The molecule has 0 aliphatic rings. The van der Waals surface area contributed by atoms with Gasteiger partial charge in [0, 0.05) is 12.6 Å². The molecule has 0 aromatic carbocycles. The van der Waals surface area contributed by atoms with E-state index in [1.807, 2.05) is 0 Å². The SMILES string of the molecule is CCSCCC(CN)NCC(F)F. The van der Waals surface area contributed by atoms with Gasteiger partial charge >= 0.3 is 0 Å². The van der Waals surface area contributed by atoms with Crippen LogP contribution in [0.2, 0.25) is 0 Å². The number of halogens is 2. The zero-order valence-electron chi connectivity index (χ0n) is 7.93. The van der Waals surface area contributed by atoms with E-state index in [2.05, 4.69) is 12.2 Å². The molecule has 0 aliphatic carbocycles. The molecule has 0 fully saturated rings. The fraction of sp³-hybridized carbons (Fsp3) is 1.00. The molecular formula is C8H18F2N2S. The quantitative estimate of drug-likeness (QED) is 0.596. The van der Waals surface area contributed by atoms with Crippen LogP contribution < -0.4 is 11.1 Å². The van der Waals surface area contributed by atoms with Crippen LogP contribution in [0.3, 0.4) is 0 Å². The van der Waals surface area contributed by atoms with Crippen LogP contribution in [-0.4, -0.2) is 37.1 Å². The Hall–Kier alpha value is 0.130. The Bertz CT molecular complexity index is 114. The molecule has 2 nitrogen and oxygen atoms in total. The molecule has 5 heteroatoms. The first kappa shape index (κ1) is 13.1. The Morgan fingerprint density at radius 2 is 2.15 bits per heavy atom. The highest BCUT2D eigenvalue weighted by molar-refractivity contribution is 7.99. The predicted molar refractivity (Wildman–Crippen MR) is 54.5 cm³/mol. The standard InChI is InChI=1S/C8H18F2N2S/c1-2-13-4-3-7(5-11)12-6-8(9)10/h7-8,12H,2-6,11H2,1H3. The minimum atomic E-state index is -2.28. The Kier molecular flexibility index (Phi) is 8.80. The van der Waals surface area contributed by atoms with Gasteiger partial charge in [0.05, 0.1) is 6.54 Å². The minimum absolute atomic E-state index is 0.0352. The van der Waals surface area contributed by atoms with Crippen molar-refractivity contribution in [2.24, 2.45) is 5.73 Å². The molecule has 0 spiro atoms. The van der Waals surface area contributed by atoms with Gasteiger partial charge in [-0.1, -0.05) is 6.92 Å². The third-order valence-corrected chi connectivity index (χ3v) is 2.59. The van der Waals surface area contributed by atoms with Crippen LogP contribution in [0.1, 0.15) is 13.3 Å². The monoisotopic (exact) mass is 212 g/mol. The molecule has 0 aliphatic heterocycles. The number of nitrogens with two attached hydrogens (primary N) is 1. The van der Waals surface area contributed by atoms with Gasteiger partial charge in [0.1, 0.15) is 0 Å². The van der Waals surface area contributed by atoms with Crippen LogP contribution in [-0.2, 0) is 0 Å². The summed E-state index contributed by atoms with van der Waals surface area (Å²) in [6, 6.07) is 0.0352. The lowest BCUT2D eigenvalue weighted by atomic mass is 10.2. The maximum Gasteiger partial charge on any atom is 0.250 e. The van der Waals surface area contributed by atoms with E-state index in [4.69, 9.17) is 5.73 Å². The van der Waals surface area contributed by atoms with E-state index in [0.29, 0.717) is 6.54 Å². The topological polar surface area (TPSA) is 38.0 Å². The van der Waals surface area contributed by atoms with Crippen LogP contribution in [0.15, 0.2) is 0 Å². The van der Waals surface area contributed by atoms with E-state index in [-0.39, 0.29) is 12.6 Å². The van der Waals surface area contributed by atoms with Gasteiger partial charge in [-0.3, -0.25) is 0 Å². The van der Waals surface area contributed by atoms with Crippen LogP contribution in [0.5, 0.6) is 0 Å². The van der Waals surface area contributed by atoms with E-state index in [1.165, 1.54) is 0 Å². The second-order valence-electron chi connectivity index (χ2n) is 2.72. The summed E-state index contributed by atoms with van der Waals surface area (Å²) in [6.45, 7) is 2.25. The molecule has 0 aromatic rings. The lowest BCUT2D eigenvalue weighted by Crippen LogP contribution is -2.39. The molecule has 0 saturated heterocycles. The van der Waals surface area contributed by atoms with Gasteiger partial charge in [-0.25, -0.2) is 8.78 Å². The van der Waals surface area contributed by atoms with E-state index in [0.717, 1.165) is 17.9 Å². The number of alkyl halides is 2. The van der Waals surface area contributed by atoms with Gasteiger partial charge in [-0.2, -0.15) is 11.8 Å². The smallest absolute Gasteiger partial charge is 0.250 e. The molecule has 0 amide bonds. The highest BCUT2D eigenvalue weighted by atomic mass is 32.2. The summed E-state index contributed by atoms with van der Waals surface area (Å²) in [4.78, 5) is 0. The number of rotatable bonds is 8. The minimum Gasteiger partial charge on any atom is -0.329 e. The first-order chi connectivity index (χ1) is 6.20. The van der Waals surface area contributed by atoms with Gasteiger partial charge in [0.2, 0.25) is 0 Å². The van der Waals surface area contributed by atoms with Gasteiger partial charge < -0.3 is 11.1 Å². The zero-order valence-corrected chi connectivity index (χ0v) is 8.75. The Morgan fingerprint density at radius 1 is 1.46 bits per heavy atom. The molecule has 0 aromatic heterocycles. The van der Waals surface area contributed by atoms with Crippen molar-refractivity contribution in [3.05, 3.63) is 0 Å². The van der Waals surface area contributed by atoms with E-state index in [1.54, 1.807) is 11.8 Å². The van der Waals surface area contributed by atoms with Gasteiger partial charge in [-0.15, -0.1) is 0 Å². The summed E-state index contributed by atoms with van der Waals surface area (Å²) in [6.07, 6.45) is -1.42. The number of hydrogen-bond donors (Lipinski definition) is 2. The van der Waals surface area contributed by atoms with Crippen molar-refractivity contribution in [1.29, 1.82) is 0 Å². The molecule has 3 N–H and O–H groups in total. The third kappa shape index (κ3) is 8.46. The van der Waals surface area contributed by atoms with Gasteiger partial charge in [0.15, 0.2) is 0 Å². The molecule has 80 valence electrons. The molecule has 1 unspecified atom stereocenters. The van der Waals surface area contributed by atoms with Crippen LogP contribution >= 0.6 is 11.8 Å². The molecule has 0 radical (unpaired) electrons. The number of nitrogens with one attached hydrogen (secondary N) is 1. The molecular weight excluding hydrogens is 194 g/mol. The molecule has 1 atom stereocenters. The van der Waals surface area contributed by atoms with Crippen molar-refractivity contribution in [3.8, 4) is 0 Å². The van der Waals surface area contributed by atoms with Crippen molar-refractivity contribution in [2.75, 3.05) is 24.6 Å². The van der Waals surface area contributed by atoms with Crippen molar-refractivity contribution >= 4 is 11.8 Å². The average Bonchev–Trinajstić information content (AvgIpc) is 2.10. The van der Waals surface area contributed by atoms with Crippen LogP contribution in [0, 0.1) is 0 Å². The molecule has 0 rings (SSSR count). The van der Waals surface area contributed by atoms with Crippen LogP contribution in [0.25, 0.3) is 0 Å².